The number of amides is 1. The predicted molar refractivity (Wildman–Crippen MR) is 103 cm³/mol. The fourth-order valence-electron chi connectivity index (χ4n) is 3.47. The number of piperidine rings is 1. The van der Waals surface area contributed by atoms with Crippen molar-refractivity contribution in [2.24, 2.45) is 5.92 Å². The summed E-state index contributed by atoms with van der Waals surface area (Å²) in [7, 11) is 0. The van der Waals surface area contributed by atoms with Gasteiger partial charge in [-0.15, -0.1) is 0 Å². The third-order valence-corrected chi connectivity index (χ3v) is 5.29. The number of halogens is 2. The average Bonchev–Trinajstić information content (AvgIpc) is 2.61. The summed E-state index contributed by atoms with van der Waals surface area (Å²) in [4.78, 5) is 12.9. The van der Waals surface area contributed by atoms with Crippen molar-refractivity contribution in [3.05, 3.63) is 70.0 Å². The molecule has 1 aliphatic rings. The van der Waals surface area contributed by atoms with Crippen molar-refractivity contribution < 1.29 is 9.18 Å². The molecule has 0 bridgehead atoms. The van der Waals surface area contributed by atoms with E-state index in [2.05, 4.69) is 17.6 Å². The highest BCUT2D eigenvalue weighted by molar-refractivity contribution is 6.31. The number of hydrogen-bond acceptors (Lipinski definition) is 2. The zero-order chi connectivity index (χ0) is 18.7. The molecule has 1 fully saturated rings. The highest BCUT2D eigenvalue weighted by Gasteiger charge is 2.28. The molecule has 1 unspecified atom stereocenters. The van der Waals surface area contributed by atoms with Crippen LogP contribution in [0, 0.1) is 18.7 Å². The van der Waals surface area contributed by atoms with Gasteiger partial charge >= 0.3 is 0 Å². The second-order valence-electron chi connectivity index (χ2n) is 7.09. The molecular weight excluding hydrogens is 351 g/mol. The molecule has 3 rings (SSSR count). The fraction of sp³-hybridized carbons (Fsp3) is 0.381. The maximum atomic E-state index is 13.5. The normalized spacial score (nSPS) is 21.2. The van der Waals surface area contributed by atoms with Crippen molar-refractivity contribution in [2.75, 3.05) is 6.54 Å². The minimum Gasteiger partial charge on any atom is -0.345 e. The molecule has 0 spiro atoms. The predicted octanol–water partition coefficient (Wildman–Crippen LogP) is 4.38. The van der Waals surface area contributed by atoms with E-state index >= 15 is 0 Å². The second kappa shape index (κ2) is 8.19. The maximum Gasteiger partial charge on any atom is 0.223 e. The molecule has 3 atom stereocenters. The van der Waals surface area contributed by atoms with E-state index in [4.69, 9.17) is 11.6 Å². The van der Waals surface area contributed by atoms with Crippen molar-refractivity contribution in [2.45, 2.75) is 38.8 Å². The Bertz CT molecular complexity index is 778. The van der Waals surface area contributed by atoms with Crippen LogP contribution in [0.1, 0.15) is 42.5 Å². The molecule has 1 amide bonds. The van der Waals surface area contributed by atoms with Gasteiger partial charge in [-0.1, -0.05) is 47.5 Å². The lowest BCUT2D eigenvalue weighted by Crippen LogP contribution is -2.43. The summed E-state index contributed by atoms with van der Waals surface area (Å²) in [5.74, 6) is -0.400. The Kier molecular flexibility index (Phi) is 5.94. The van der Waals surface area contributed by atoms with Gasteiger partial charge in [0.15, 0.2) is 0 Å². The van der Waals surface area contributed by atoms with Gasteiger partial charge in [-0.3, -0.25) is 4.79 Å². The number of carbonyl (C=O) groups is 1. The average molecular weight is 375 g/mol. The van der Waals surface area contributed by atoms with Gasteiger partial charge in [0, 0.05) is 17.0 Å². The summed E-state index contributed by atoms with van der Waals surface area (Å²) in [6.45, 7) is 4.94. The molecular formula is C21H24ClFN2O. The first-order chi connectivity index (χ1) is 12.4. The number of benzene rings is 2. The first kappa shape index (κ1) is 18.9. The monoisotopic (exact) mass is 374 g/mol. The molecule has 0 saturated carbocycles. The Morgan fingerprint density at radius 2 is 2.00 bits per heavy atom. The molecule has 26 heavy (non-hydrogen) atoms. The SMILES string of the molecule is Cc1ccc(C(NC(=O)[C@H]2CCN[C@@H](C)C2)c2ccc(F)cc2Cl)cc1. The highest BCUT2D eigenvalue weighted by Crippen LogP contribution is 2.30. The molecule has 1 saturated heterocycles. The van der Waals surface area contributed by atoms with Crippen molar-refractivity contribution in [3.8, 4) is 0 Å². The number of hydrogen-bond donors (Lipinski definition) is 2. The zero-order valence-corrected chi connectivity index (χ0v) is 15.8. The quantitative estimate of drug-likeness (QED) is 0.833. The Labute approximate surface area is 158 Å². The largest absolute Gasteiger partial charge is 0.345 e. The highest BCUT2D eigenvalue weighted by atomic mass is 35.5. The van der Waals surface area contributed by atoms with Gasteiger partial charge in [0.05, 0.1) is 6.04 Å². The van der Waals surface area contributed by atoms with Crippen molar-refractivity contribution in [3.63, 3.8) is 0 Å². The van der Waals surface area contributed by atoms with Crippen molar-refractivity contribution in [1.82, 2.24) is 10.6 Å². The van der Waals surface area contributed by atoms with E-state index in [-0.39, 0.29) is 17.6 Å². The lowest BCUT2D eigenvalue weighted by molar-refractivity contribution is -0.126. The van der Waals surface area contributed by atoms with Crippen LogP contribution in [0.5, 0.6) is 0 Å². The van der Waals surface area contributed by atoms with Gasteiger partial charge in [-0.25, -0.2) is 4.39 Å². The van der Waals surface area contributed by atoms with Crippen LogP contribution in [-0.2, 0) is 4.79 Å². The molecule has 2 N–H and O–H groups in total. The van der Waals surface area contributed by atoms with Crippen molar-refractivity contribution in [1.29, 1.82) is 0 Å². The summed E-state index contributed by atoms with van der Waals surface area (Å²) in [5.41, 5.74) is 2.77. The van der Waals surface area contributed by atoms with Crippen molar-refractivity contribution >= 4 is 17.5 Å². The number of nitrogens with one attached hydrogen (secondary N) is 2. The maximum absolute atomic E-state index is 13.5. The molecule has 138 valence electrons. The van der Waals surface area contributed by atoms with Gasteiger partial charge < -0.3 is 10.6 Å². The summed E-state index contributed by atoms with van der Waals surface area (Å²) in [6, 6.07) is 12.2. The molecule has 5 heteroatoms. The summed E-state index contributed by atoms with van der Waals surface area (Å²) < 4.78 is 13.5. The Balaban J connectivity index is 1.90. The molecule has 0 aromatic heterocycles. The van der Waals surface area contributed by atoms with Crippen LogP contribution >= 0.6 is 11.6 Å². The van der Waals surface area contributed by atoms with Crippen LogP contribution in [0.15, 0.2) is 42.5 Å². The molecule has 0 aliphatic carbocycles. The number of carbonyl (C=O) groups excluding carboxylic acids is 1. The first-order valence-electron chi connectivity index (χ1n) is 8.99. The molecule has 3 nitrogen and oxygen atoms in total. The second-order valence-corrected chi connectivity index (χ2v) is 7.50. The van der Waals surface area contributed by atoms with E-state index in [1.54, 1.807) is 6.07 Å². The van der Waals surface area contributed by atoms with E-state index in [1.165, 1.54) is 12.1 Å². The van der Waals surface area contributed by atoms with E-state index in [0.717, 1.165) is 30.5 Å². The minimum atomic E-state index is -0.401. The molecule has 1 aliphatic heterocycles. The van der Waals surface area contributed by atoms with E-state index in [0.29, 0.717) is 16.6 Å². The van der Waals surface area contributed by atoms with Gasteiger partial charge in [0.2, 0.25) is 5.91 Å². The minimum absolute atomic E-state index is 0.0179. The topological polar surface area (TPSA) is 41.1 Å². The summed E-state index contributed by atoms with van der Waals surface area (Å²) in [6.07, 6.45) is 1.62. The fourth-order valence-corrected chi connectivity index (χ4v) is 3.74. The van der Waals surface area contributed by atoms with E-state index < -0.39 is 6.04 Å². The zero-order valence-electron chi connectivity index (χ0n) is 15.1. The third kappa shape index (κ3) is 4.43. The van der Waals surface area contributed by atoms with E-state index in [1.807, 2.05) is 31.2 Å². The van der Waals surface area contributed by atoms with Crippen LogP contribution < -0.4 is 10.6 Å². The number of aryl methyl sites for hydroxylation is 1. The summed E-state index contributed by atoms with van der Waals surface area (Å²) >= 11 is 6.30. The third-order valence-electron chi connectivity index (χ3n) is 4.97. The molecule has 0 radical (unpaired) electrons. The van der Waals surface area contributed by atoms with Crippen LogP contribution in [0.25, 0.3) is 0 Å². The smallest absolute Gasteiger partial charge is 0.223 e. The van der Waals surface area contributed by atoms with Crippen LogP contribution in [-0.4, -0.2) is 18.5 Å². The Hall–Kier alpha value is -1.91. The summed E-state index contributed by atoms with van der Waals surface area (Å²) in [5, 5.41) is 6.82. The van der Waals surface area contributed by atoms with Crippen LogP contribution in [0.4, 0.5) is 4.39 Å². The molecule has 1 heterocycles. The lowest BCUT2D eigenvalue weighted by Gasteiger charge is -2.29. The van der Waals surface area contributed by atoms with Crippen LogP contribution in [0.2, 0.25) is 5.02 Å². The Morgan fingerprint density at radius 3 is 2.65 bits per heavy atom. The standard InChI is InChI=1S/C21H24ClFN2O/c1-13-3-5-15(6-4-13)20(18-8-7-17(23)12-19(18)22)25-21(26)16-9-10-24-14(2)11-16/h3-8,12,14,16,20,24H,9-11H2,1-2H3,(H,25,26)/t14-,16-,20?/m0/s1. The first-order valence-corrected chi connectivity index (χ1v) is 9.37. The van der Waals surface area contributed by atoms with E-state index in [9.17, 15) is 9.18 Å². The number of rotatable bonds is 4. The van der Waals surface area contributed by atoms with Gasteiger partial charge in [0.25, 0.3) is 0 Å². The molecule has 2 aromatic carbocycles. The van der Waals surface area contributed by atoms with Crippen LogP contribution in [0.3, 0.4) is 0 Å². The van der Waals surface area contributed by atoms with Gasteiger partial charge in [0.1, 0.15) is 5.82 Å². The Morgan fingerprint density at radius 1 is 1.27 bits per heavy atom. The van der Waals surface area contributed by atoms with Gasteiger partial charge in [-0.2, -0.15) is 0 Å². The van der Waals surface area contributed by atoms with Gasteiger partial charge in [-0.05, 0) is 56.5 Å². The molecule has 2 aromatic rings. The lowest BCUT2D eigenvalue weighted by atomic mass is 9.91.